The summed E-state index contributed by atoms with van der Waals surface area (Å²) in [6.07, 6.45) is 1.39. The number of Topliss-reactive ketones (excluding diaryl/α,β-unsaturated/α-hetero) is 1. The zero-order valence-corrected chi connectivity index (χ0v) is 11.0. The molecule has 84 valence electrons. The molecule has 0 aromatic carbocycles. The van der Waals surface area contributed by atoms with Crippen molar-refractivity contribution in [3.05, 3.63) is 15.6 Å². The SMILES string of the molecule is Cc1nc(CCC(=O)C(C)(C)C)sc1C. The van der Waals surface area contributed by atoms with Gasteiger partial charge in [0.15, 0.2) is 0 Å². The van der Waals surface area contributed by atoms with Gasteiger partial charge in [0.25, 0.3) is 0 Å². The minimum absolute atomic E-state index is 0.221. The van der Waals surface area contributed by atoms with Crippen molar-refractivity contribution in [3.8, 4) is 0 Å². The van der Waals surface area contributed by atoms with Gasteiger partial charge in [-0.25, -0.2) is 4.98 Å². The van der Waals surface area contributed by atoms with E-state index in [4.69, 9.17) is 0 Å². The molecule has 0 saturated carbocycles. The monoisotopic (exact) mass is 225 g/mol. The molecule has 1 rings (SSSR count). The van der Waals surface area contributed by atoms with Crippen LogP contribution in [0.3, 0.4) is 0 Å². The minimum atomic E-state index is -0.221. The number of hydrogen-bond donors (Lipinski definition) is 0. The number of aryl methyl sites for hydroxylation is 3. The number of ketones is 1. The fourth-order valence-electron chi connectivity index (χ4n) is 1.24. The van der Waals surface area contributed by atoms with Crippen LogP contribution in [0.2, 0.25) is 0 Å². The molecular weight excluding hydrogens is 206 g/mol. The van der Waals surface area contributed by atoms with Crippen LogP contribution in [0.4, 0.5) is 0 Å². The first-order valence-corrected chi connectivity index (χ1v) is 6.08. The van der Waals surface area contributed by atoms with Gasteiger partial charge in [0.05, 0.1) is 10.7 Å². The van der Waals surface area contributed by atoms with Gasteiger partial charge >= 0.3 is 0 Å². The summed E-state index contributed by atoms with van der Waals surface area (Å²) in [6, 6.07) is 0. The Kier molecular flexibility index (Phi) is 3.66. The predicted molar refractivity (Wildman–Crippen MR) is 64.4 cm³/mol. The molecule has 0 saturated heterocycles. The molecule has 15 heavy (non-hydrogen) atoms. The van der Waals surface area contributed by atoms with Crippen molar-refractivity contribution in [3.63, 3.8) is 0 Å². The molecule has 0 aliphatic rings. The molecule has 0 N–H and O–H groups in total. The Morgan fingerprint density at radius 2 is 1.93 bits per heavy atom. The maximum Gasteiger partial charge on any atom is 0.138 e. The van der Waals surface area contributed by atoms with E-state index in [0.717, 1.165) is 17.1 Å². The van der Waals surface area contributed by atoms with E-state index in [0.29, 0.717) is 12.2 Å². The lowest BCUT2D eigenvalue weighted by Crippen LogP contribution is -2.20. The molecule has 0 unspecified atom stereocenters. The third-order valence-electron chi connectivity index (χ3n) is 2.48. The Balaban J connectivity index is 2.55. The number of rotatable bonds is 3. The second-order valence-corrected chi connectivity index (χ2v) is 6.21. The third kappa shape index (κ3) is 3.42. The van der Waals surface area contributed by atoms with Crippen LogP contribution in [-0.2, 0) is 11.2 Å². The average molecular weight is 225 g/mol. The lowest BCUT2D eigenvalue weighted by molar-refractivity contribution is -0.126. The third-order valence-corrected chi connectivity index (χ3v) is 3.61. The van der Waals surface area contributed by atoms with Crippen LogP contribution in [0.1, 0.15) is 42.8 Å². The number of nitrogens with zero attached hydrogens (tertiary/aromatic N) is 1. The number of aromatic nitrogens is 1. The van der Waals surface area contributed by atoms with Crippen LogP contribution < -0.4 is 0 Å². The molecular formula is C12H19NOS. The molecule has 1 aromatic heterocycles. The van der Waals surface area contributed by atoms with Crippen molar-refractivity contribution in [2.45, 2.75) is 47.5 Å². The highest BCUT2D eigenvalue weighted by atomic mass is 32.1. The standard InChI is InChI=1S/C12H19NOS/c1-8-9(2)15-11(13-8)7-6-10(14)12(3,4)5/h6-7H2,1-5H3. The van der Waals surface area contributed by atoms with E-state index in [1.54, 1.807) is 11.3 Å². The van der Waals surface area contributed by atoms with E-state index < -0.39 is 0 Å². The summed E-state index contributed by atoms with van der Waals surface area (Å²) in [4.78, 5) is 17.4. The zero-order chi connectivity index (χ0) is 11.6. The molecule has 0 aliphatic carbocycles. The van der Waals surface area contributed by atoms with Crippen molar-refractivity contribution in [1.29, 1.82) is 0 Å². The highest BCUT2D eigenvalue weighted by molar-refractivity contribution is 7.11. The molecule has 0 atom stereocenters. The van der Waals surface area contributed by atoms with Crippen LogP contribution in [-0.4, -0.2) is 10.8 Å². The lowest BCUT2D eigenvalue weighted by atomic mass is 9.88. The summed E-state index contributed by atoms with van der Waals surface area (Å²) in [5, 5.41) is 1.09. The molecule has 0 spiro atoms. The van der Waals surface area contributed by atoms with Crippen LogP contribution in [0.5, 0.6) is 0 Å². The van der Waals surface area contributed by atoms with Gasteiger partial charge in [0.2, 0.25) is 0 Å². The van der Waals surface area contributed by atoms with Crippen LogP contribution in [0, 0.1) is 19.3 Å². The highest BCUT2D eigenvalue weighted by Gasteiger charge is 2.20. The molecule has 1 heterocycles. The Bertz CT molecular complexity index is 341. The first-order chi connectivity index (χ1) is 6.80. The Hall–Kier alpha value is -0.700. The largest absolute Gasteiger partial charge is 0.299 e. The van der Waals surface area contributed by atoms with E-state index in [-0.39, 0.29) is 5.41 Å². The van der Waals surface area contributed by atoms with Crippen molar-refractivity contribution in [2.24, 2.45) is 5.41 Å². The van der Waals surface area contributed by atoms with Gasteiger partial charge in [-0.15, -0.1) is 11.3 Å². The van der Waals surface area contributed by atoms with Gasteiger partial charge in [-0.2, -0.15) is 0 Å². The fourth-order valence-corrected chi connectivity index (χ4v) is 2.18. The maximum absolute atomic E-state index is 11.7. The summed E-state index contributed by atoms with van der Waals surface area (Å²) in [5.74, 6) is 0.313. The summed E-state index contributed by atoms with van der Waals surface area (Å²) in [6.45, 7) is 9.98. The van der Waals surface area contributed by atoms with Gasteiger partial charge in [0, 0.05) is 23.1 Å². The highest BCUT2D eigenvalue weighted by Crippen LogP contribution is 2.21. The van der Waals surface area contributed by atoms with Crippen molar-refractivity contribution < 1.29 is 4.79 Å². The summed E-state index contributed by atoms with van der Waals surface area (Å²) in [5.41, 5.74) is 0.875. The predicted octanol–water partition coefficient (Wildman–Crippen LogP) is 3.31. The molecule has 1 aromatic rings. The zero-order valence-electron chi connectivity index (χ0n) is 10.2. The molecule has 0 fully saturated rings. The van der Waals surface area contributed by atoms with Gasteiger partial charge < -0.3 is 0 Å². The Labute approximate surface area is 95.7 Å². The van der Waals surface area contributed by atoms with Gasteiger partial charge in [-0.05, 0) is 13.8 Å². The number of thiazole rings is 1. The van der Waals surface area contributed by atoms with Crippen LogP contribution in [0.25, 0.3) is 0 Å². The second kappa shape index (κ2) is 4.44. The van der Waals surface area contributed by atoms with Gasteiger partial charge in [-0.1, -0.05) is 20.8 Å². The van der Waals surface area contributed by atoms with Crippen LogP contribution >= 0.6 is 11.3 Å². The van der Waals surface area contributed by atoms with E-state index >= 15 is 0 Å². The quantitative estimate of drug-likeness (QED) is 0.790. The van der Waals surface area contributed by atoms with E-state index in [9.17, 15) is 4.79 Å². The number of carbonyl (C=O) groups is 1. The average Bonchev–Trinajstić information content (AvgIpc) is 2.41. The van der Waals surface area contributed by atoms with Crippen LogP contribution in [0.15, 0.2) is 0 Å². The summed E-state index contributed by atoms with van der Waals surface area (Å²) in [7, 11) is 0. The fraction of sp³-hybridized carbons (Fsp3) is 0.667. The lowest BCUT2D eigenvalue weighted by Gasteiger charge is -2.15. The molecule has 0 aliphatic heterocycles. The topological polar surface area (TPSA) is 30.0 Å². The first kappa shape index (κ1) is 12.4. The molecule has 0 bridgehead atoms. The maximum atomic E-state index is 11.7. The minimum Gasteiger partial charge on any atom is -0.299 e. The summed E-state index contributed by atoms with van der Waals surface area (Å²) < 4.78 is 0. The molecule has 2 nitrogen and oxygen atoms in total. The van der Waals surface area contributed by atoms with Crippen molar-refractivity contribution in [1.82, 2.24) is 4.98 Å². The molecule has 0 radical (unpaired) electrons. The van der Waals surface area contributed by atoms with E-state index in [1.165, 1.54) is 4.88 Å². The number of hydrogen-bond acceptors (Lipinski definition) is 3. The first-order valence-electron chi connectivity index (χ1n) is 5.27. The summed E-state index contributed by atoms with van der Waals surface area (Å²) >= 11 is 1.70. The van der Waals surface area contributed by atoms with Crippen molar-refractivity contribution >= 4 is 17.1 Å². The normalized spacial score (nSPS) is 11.8. The second-order valence-electron chi connectivity index (χ2n) is 4.92. The Morgan fingerprint density at radius 1 is 1.33 bits per heavy atom. The Morgan fingerprint density at radius 3 is 2.33 bits per heavy atom. The smallest absolute Gasteiger partial charge is 0.138 e. The van der Waals surface area contributed by atoms with Gasteiger partial charge in [0.1, 0.15) is 5.78 Å². The number of carbonyl (C=O) groups excluding carboxylic acids is 1. The molecule has 3 heteroatoms. The van der Waals surface area contributed by atoms with E-state index in [1.807, 2.05) is 27.7 Å². The van der Waals surface area contributed by atoms with E-state index in [2.05, 4.69) is 11.9 Å². The molecule has 0 amide bonds. The van der Waals surface area contributed by atoms with Crippen molar-refractivity contribution in [2.75, 3.05) is 0 Å². The van der Waals surface area contributed by atoms with Gasteiger partial charge in [-0.3, -0.25) is 4.79 Å².